The van der Waals surface area contributed by atoms with Crippen LogP contribution in [0.25, 0.3) is 0 Å². The first-order valence-corrected chi connectivity index (χ1v) is 7.54. The zero-order chi connectivity index (χ0) is 14.3. The summed E-state index contributed by atoms with van der Waals surface area (Å²) in [6.07, 6.45) is 2.69. The Morgan fingerprint density at radius 1 is 1.47 bits per heavy atom. The molecule has 0 atom stereocenters. The number of nitrogens with one attached hydrogen (secondary N) is 1. The van der Waals surface area contributed by atoms with Crippen LogP contribution >= 0.6 is 15.9 Å². The van der Waals surface area contributed by atoms with Gasteiger partial charge in [-0.3, -0.25) is 9.48 Å². The summed E-state index contributed by atoms with van der Waals surface area (Å²) >= 11 is 3.38. The van der Waals surface area contributed by atoms with Gasteiger partial charge in [0.2, 0.25) is 5.91 Å². The Balaban J connectivity index is 2.23. The molecule has 0 aliphatic rings. The third-order valence-corrected chi connectivity index (χ3v) is 3.98. The Morgan fingerprint density at radius 3 is 2.68 bits per heavy atom. The second-order valence-corrected chi connectivity index (χ2v) is 5.32. The molecule has 0 saturated heterocycles. The van der Waals surface area contributed by atoms with E-state index in [1.54, 1.807) is 10.9 Å². The van der Waals surface area contributed by atoms with E-state index in [9.17, 15) is 4.79 Å². The molecular weight excluding hydrogens is 308 g/mol. The van der Waals surface area contributed by atoms with Crippen molar-refractivity contribution in [2.24, 2.45) is 0 Å². The number of aromatic nitrogens is 2. The zero-order valence-corrected chi connectivity index (χ0v) is 13.5. The smallest absolute Gasteiger partial charge is 0.241 e. The van der Waals surface area contributed by atoms with Crippen molar-refractivity contribution in [3.8, 4) is 0 Å². The van der Waals surface area contributed by atoms with Gasteiger partial charge in [0.25, 0.3) is 0 Å². The highest BCUT2D eigenvalue weighted by atomic mass is 79.9. The quantitative estimate of drug-likeness (QED) is 0.739. The van der Waals surface area contributed by atoms with Gasteiger partial charge in [0.1, 0.15) is 6.54 Å². The Hall–Kier alpha value is -0.880. The molecule has 1 aromatic heterocycles. The fourth-order valence-corrected chi connectivity index (χ4v) is 2.14. The lowest BCUT2D eigenvalue weighted by Gasteiger charge is -2.17. The van der Waals surface area contributed by atoms with Gasteiger partial charge in [-0.25, -0.2) is 0 Å². The average Bonchev–Trinajstić information content (AvgIpc) is 2.71. The first-order valence-electron chi connectivity index (χ1n) is 6.75. The van der Waals surface area contributed by atoms with Crippen LogP contribution in [0.15, 0.2) is 10.7 Å². The molecule has 0 aromatic carbocycles. The van der Waals surface area contributed by atoms with E-state index < -0.39 is 0 Å². The van der Waals surface area contributed by atoms with Crippen molar-refractivity contribution in [2.45, 2.75) is 33.7 Å². The molecule has 1 rings (SSSR count). The van der Waals surface area contributed by atoms with Gasteiger partial charge in [0, 0.05) is 6.54 Å². The van der Waals surface area contributed by atoms with Gasteiger partial charge in [-0.15, -0.1) is 0 Å². The first-order chi connectivity index (χ1) is 9.08. The predicted molar refractivity (Wildman–Crippen MR) is 80.1 cm³/mol. The molecule has 6 heteroatoms. The van der Waals surface area contributed by atoms with E-state index >= 15 is 0 Å². The van der Waals surface area contributed by atoms with Crippen LogP contribution in [-0.2, 0) is 11.3 Å². The summed E-state index contributed by atoms with van der Waals surface area (Å²) in [6.45, 7) is 10.4. The van der Waals surface area contributed by atoms with Crippen molar-refractivity contribution in [3.63, 3.8) is 0 Å². The highest BCUT2D eigenvalue weighted by Gasteiger charge is 2.08. The lowest BCUT2D eigenvalue weighted by Crippen LogP contribution is -2.32. The summed E-state index contributed by atoms with van der Waals surface area (Å²) in [7, 11) is 0. The Labute approximate surface area is 123 Å². The van der Waals surface area contributed by atoms with E-state index in [0.717, 1.165) is 42.8 Å². The highest BCUT2D eigenvalue weighted by molar-refractivity contribution is 9.10. The Morgan fingerprint density at radius 2 is 2.16 bits per heavy atom. The van der Waals surface area contributed by atoms with Crippen LogP contribution in [0, 0.1) is 6.92 Å². The molecule has 5 nitrogen and oxygen atoms in total. The standard InChI is InChI=1S/C13H23BrN4O/c1-4-17(5-2)8-6-7-15-13(19)10-18-11(3)12(14)9-16-18/h9H,4-8,10H2,1-3H3,(H,15,19). The van der Waals surface area contributed by atoms with E-state index in [1.807, 2.05) is 6.92 Å². The molecule has 1 amide bonds. The lowest BCUT2D eigenvalue weighted by atomic mass is 10.3. The fourth-order valence-electron chi connectivity index (χ4n) is 1.85. The third kappa shape index (κ3) is 5.32. The molecule has 1 aromatic rings. The van der Waals surface area contributed by atoms with Crippen molar-refractivity contribution in [1.82, 2.24) is 20.0 Å². The monoisotopic (exact) mass is 330 g/mol. The molecule has 0 aliphatic heterocycles. The number of carbonyl (C=O) groups excluding carboxylic acids is 1. The molecule has 108 valence electrons. The van der Waals surface area contributed by atoms with E-state index in [4.69, 9.17) is 0 Å². The molecule has 0 radical (unpaired) electrons. The fraction of sp³-hybridized carbons (Fsp3) is 0.692. The van der Waals surface area contributed by atoms with Gasteiger partial charge in [0.05, 0.1) is 16.4 Å². The number of carbonyl (C=O) groups is 1. The summed E-state index contributed by atoms with van der Waals surface area (Å²) in [5.74, 6) is 0.0123. The van der Waals surface area contributed by atoms with Crippen LogP contribution in [0.2, 0.25) is 0 Å². The van der Waals surface area contributed by atoms with Crippen LogP contribution in [-0.4, -0.2) is 46.8 Å². The maximum atomic E-state index is 11.8. The molecule has 0 aliphatic carbocycles. The minimum atomic E-state index is 0.0123. The topological polar surface area (TPSA) is 50.2 Å². The number of nitrogens with zero attached hydrogens (tertiary/aromatic N) is 3. The average molecular weight is 331 g/mol. The molecule has 1 N–H and O–H groups in total. The molecular formula is C13H23BrN4O. The minimum absolute atomic E-state index is 0.0123. The van der Waals surface area contributed by atoms with Crippen LogP contribution in [0.4, 0.5) is 0 Å². The highest BCUT2D eigenvalue weighted by Crippen LogP contribution is 2.13. The maximum Gasteiger partial charge on any atom is 0.241 e. The Bertz CT molecular complexity index is 401. The third-order valence-electron chi connectivity index (χ3n) is 3.20. The molecule has 0 bridgehead atoms. The lowest BCUT2D eigenvalue weighted by molar-refractivity contribution is -0.121. The van der Waals surface area contributed by atoms with Gasteiger partial charge in [-0.1, -0.05) is 13.8 Å². The number of hydrogen-bond acceptors (Lipinski definition) is 3. The summed E-state index contributed by atoms with van der Waals surface area (Å²) in [5, 5.41) is 7.07. The molecule has 1 heterocycles. The predicted octanol–water partition coefficient (Wildman–Crippen LogP) is 1.80. The van der Waals surface area contributed by atoms with Gasteiger partial charge in [-0.05, 0) is 48.9 Å². The van der Waals surface area contributed by atoms with Crippen molar-refractivity contribution >= 4 is 21.8 Å². The van der Waals surface area contributed by atoms with E-state index in [2.05, 4.69) is 45.1 Å². The van der Waals surface area contributed by atoms with Gasteiger partial charge < -0.3 is 10.2 Å². The molecule has 0 fully saturated rings. The van der Waals surface area contributed by atoms with E-state index in [-0.39, 0.29) is 12.5 Å². The van der Waals surface area contributed by atoms with Crippen LogP contribution < -0.4 is 5.32 Å². The van der Waals surface area contributed by atoms with Crippen molar-refractivity contribution in [3.05, 3.63) is 16.4 Å². The number of hydrogen-bond donors (Lipinski definition) is 1. The summed E-state index contributed by atoms with van der Waals surface area (Å²) in [5.41, 5.74) is 0.971. The van der Waals surface area contributed by atoms with Crippen molar-refractivity contribution < 1.29 is 4.79 Å². The number of halogens is 1. The van der Waals surface area contributed by atoms with Crippen molar-refractivity contribution in [2.75, 3.05) is 26.2 Å². The summed E-state index contributed by atoms with van der Waals surface area (Å²) in [4.78, 5) is 14.1. The van der Waals surface area contributed by atoms with Gasteiger partial charge in [0.15, 0.2) is 0 Å². The van der Waals surface area contributed by atoms with Crippen LogP contribution in [0.3, 0.4) is 0 Å². The van der Waals surface area contributed by atoms with E-state index in [1.165, 1.54) is 0 Å². The van der Waals surface area contributed by atoms with E-state index in [0.29, 0.717) is 0 Å². The van der Waals surface area contributed by atoms with Crippen LogP contribution in [0.5, 0.6) is 0 Å². The molecule has 0 unspecified atom stereocenters. The number of amides is 1. The normalized spacial score (nSPS) is 11.0. The minimum Gasteiger partial charge on any atom is -0.354 e. The largest absolute Gasteiger partial charge is 0.354 e. The Kier molecular flexibility index (Phi) is 7.09. The molecule has 0 spiro atoms. The van der Waals surface area contributed by atoms with Gasteiger partial charge in [-0.2, -0.15) is 5.10 Å². The zero-order valence-electron chi connectivity index (χ0n) is 11.9. The van der Waals surface area contributed by atoms with Crippen LogP contribution in [0.1, 0.15) is 26.0 Å². The summed E-state index contributed by atoms with van der Waals surface area (Å²) < 4.78 is 2.63. The number of rotatable bonds is 8. The van der Waals surface area contributed by atoms with Gasteiger partial charge >= 0.3 is 0 Å². The van der Waals surface area contributed by atoms with Crippen molar-refractivity contribution in [1.29, 1.82) is 0 Å². The summed E-state index contributed by atoms with van der Waals surface area (Å²) in [6, 6.07) is 0. The molecule has 19 heavy (non-hydrogen) atoms. The first kappa shape index (κ1) is 16.2. The SMILES string of the molecule is CCN(CC)CCCNC(=O)Cn1ncc(Br)c1C. The second kappa shape index (κ2) is 8.32. The maximum absolute atomic E-state index is 11.8. The second-order valence-electron chi connectivity index (χ2n) is 4.47. The molecule has 0 saturated carbocycles.